The molecule has 0 spiro atoms. The zero-order valence-corrected chi connectivity index (χ0v) is 16.0. The van der Waals surface area contributed by atoms with Gasteiger partial charge in [-0.2, -0.15) is 0 Å². The van der Waals surface area contributed by atoms with Crippen molar-refractivity contribution in [1.29, 1.82) is 0 Å². The minimum Gasteiger partial charge on any atom is -0.478 e. The van der Waals surface area contributed by atoms with Crippen molar-refractivity contribution in [3.63, 3.8) is 0 Å². The van der Waals surface area contributed by atoms with E-state index in [1.807, 2.05) is 48.5 Å². The number of carbonyl (C=O) groups excluding carboxylic acids is 1. The van der Waals surface area contributed by atoms with E-state index in [2.05, 4.69) is 0 Å². The number of carbonyl (C=O) groups is 2. The molecule has 4 rings (SSSR count). The molecule has 0 aliphatic carbocycles. The van der Waals surface area contributed by atoms with E-state index in [4.69, 9.17) is 4.74 Å². The maximum absolute atomic E-state index is 12.9. The number of hydrogen-bond donors (Lipinski definition) is 1. The molecule has 146 valence electrons. The fourth-order valence-corrected chi connectivity index (χ4v) is 3.33. The Morgan fingerprint density at radius 3 is 1.87 bits per heavy atom. The van der Waals surface area contributed by atoms with E-state index in [-0.39, 0.29) is 5.56 Å². The maximum Gasteiger partial charge on any atom is 0.343 e. The zero-order chi connectivity index (χ0) is 20.9. The van der Waals surface area contributed by atoms with Gasteiger partial charge in [0, 0.05) is 11.1 Å². The lowest BCUT2D eigenvalue weighted by Crippen LogP contribution is -2.10. The molecule has 0 aliphatic heterocycles. The number of carboxylic acid groups (broad SMARTS) is 1. The van der Waals surface area contributed by atoms with Crippen molar-refractivity contribution in [2.24, 2.45) is 0 Å². The summed E-state index contributed by atoms with van der Waals surface area (Å²) in [6.07, 6.45) is 0. The molecule has 0 fully saturated rings. The van der Waals surface area contributed by atoms with Gasteiger partial charge >= 0.3 is 11.9 Å². The summed E-state index contributed by atoms with van der Waals surface area (Å²) in [4.78, 5) is 24.7. The maximum atomic E-state index is 12.9. The summed E-state index contributed by atoms with van der Waals surface area (Å²) in [5, 5.41) is 9.66. The van der Waals surface area contributed by atoms with Gasteiger partial charge in [0.25, 0.3) is 0 Å². The normalized spacial score (nSPS) is 10.4. The van der Waals surface area contributed by atoms with Crippen molar-refractivity contribution >= 4 is 11.9 Å². The van der Waals surface area contributed by atoms with Crippen LogP contribution in [0.4, 0.5) is 0 Å². The third-order valence-corrected chi connectivity index (χ3v) is 4.75. The quantitative estimate of drug-likeness (QED) is 0.336. The lowest BCUT2D eigenvalue weighted by atomic mass is 9.94. The number of benzene rings is 4. The van der Waals surface area contributed by atoms with Crippen LogP contribution in [0.15, 0.2) is 103 Å². The molecule has 4 heteroatoms. The van der Waals surface area contributed by atoms with Gasteiger partial charge in [0.05, 0.1) is 11.1 Å². The van der Waals surface area contributed by atoms with Crippen LogP contribution in [0.3, 0.4) is 0 Å². The van der Waals surface area contributed by atoms with Crippen LogP contribution in [0.25, 0.3) is 22.3 Å². The van der Waals surface area contributed by atoms with Gasteiger partial charge in [-0.05, 0) is 29.3 Å². The van der Waals surface area contributed by atoms with Crippen molar-refractivity contribution in [3.8, 4) is 28.0 Å². The summed E-state index contributed by atoms with van der Waals surface area (Å²) >= 11 is 0. The lowest BCUT2D eigenvalue weighted by Gasteiger charge is -2.16. The average molecular weight is 394 g/mol. The largest absolute Gasteiger partial charge is 0.478 e. The van der Waals surface area contributed by atoms with Gasteiger partial charge in [0.2, 0.25) is 0 Å². The number of hydrogen-bond acceptors (Lipinski definition) is 3. The van der Waals surface area contributed by atoms with Gasteiger partial charge in [-0.1, -0.05) is 84.9 Å². The first-order valence-electron chi connectivity index (χ1n) is 9.43. The summed E-state index contributed by atoms with van der Waals surface area (Å²) in [7, 11) is 0. The number of para-hydroxylation sites is 1. The van der Waals surface area contributed by atoms with Crippen LogP contribution in [0, 0.1) is 0 Å². The molecular weight excluding hydrogens is 376 g/mol. The number of carboxylic acids is 1. The molecule has 0 unspecified atom stereocenters. The van der Waals surface area contributed by atoms with Crippen LogP contribution in [0.1, 0.15) is 20.7 Å². The third kappa shape index (κ3) is 3.84. The number of aromatic carboxylic acids is 1. The Hall–Kier alpha value is -4.18. The molecule has 30 heavy (non-hydrogen) atoms. The smallest absolute Gasteiger partial charge is 0.343 e. The van der Waals surface area contributed by atoms with E-state index in [1.165, 1.54) is 6.07 Å². The van der Waals surface area contributed by atoms with E-state index < -0.39 is 11.9 Å². The molecule has 0 saturated heterocycles. The van der Waals surface area contributed by atoms with Crippen molar-refractivity contribution < 1.29 is 19.4 Å². The molecular formula is C26H18O4. The van der Waals surface area contributed by atoms with Crippen LogP contribution < -0.4 is 4.74 Å². The third-order valence-electron chi connectivity index (χ3n) is 4.75. The van der Waals surface area contributed by atoms with Crippen molar-refractivity contribution in [1.82, 2.24) is 0 Å². The van der Waals surface area contributed by atoms with E-state index in [0.717, 1.165) is 5.56 Å². The second-order valence-corrected chi connectivity index (χ2v) is 6.65. The minimum absolute atomic E-state index is 0.139. The summed E-state index contributed by atoms with van der Waals surface area (Å²) in [5.74, 6) is -1.23. The monoisotopic (exact) mass is 394 g/mol. The van der Waals surface area contributed by atoms with Gasteiger partial charge < -0.3 is 9.84 Å². The van der Waals surface area contributed by atoms with Crippen molar-refractivity contribution in [2.75, 3.05) is 0 Å². The number of esters is 1. The molecule has 4 aromatic carbocycles. The Bertz CT molecular complexity index is 1200. The molecule has 0 radical (unpaired) electrons. The first-order chi connectivity index (χ1) is 14.6. The van der Waals surface area contributed by atoms with Crippen molar-refractivity contribution in [2.45, 2.75) is 0 Å². The summed E-state index contributed by atoms with van der Waals surface area (Å²) in [6, 6.07) is 30.4. The predicted molar refractivity (Wildman–Crippen MR) is 116 cm³/mol. The molecule has 0 atom stereocenters. The van der Waals surface area contributed by atoms with E-state index in [1.54, 1.807) is 48.5 Å². The highest BCUT2D eigenvalue weighted by Crippen LogP contribution is 2.40. The molecule has 4 nitrogen and oxygen atoms in total. The van der Waals surface area contributed by atoms with Gasteiger partial charge in [-0.3, -0.25) is 0 Å². The average Bonchev–Trinajstić information content (AvgIpc) is 2.80. The fraction of sp³-hybridized carbons (Fsp3) is 0. The first-order valence-corrected chi connectivity index (χ1v) is 9.43. The van der Waals surface area contributed by atoms with Crippen LogP contribution in [-0.4, -0.2) is 17.0 Å². The SMILES string of the molecule is O=C(Oc1c(-c2ccccc2)cccc1-c1ccccc1C(=O)O)c1ccccc1. The van der Waals surface area contributed by atoms with Crippen LogP contribution >= 0.6 is 0 Å². The predicted octanol–water partition coefficient (Wildman–Crippen LogP) is 5.94. The lowest BCUT2D eigenvalue weighted by molar-refractivity contribution is 0.0696. The molecule has 0 aliphatic rings. The van der Waals surface area contributed by atoms with Crippen LogP contribution in [0.2, 0.25) is 0 Å². The summed E-state index contributed by atoms with van der Waals surface area (Å²) in [5.41, 5.74) is 3.15. The van der Waals surface area contributed by atoms with E-state index >= 15 is 0 Å². The van der Waals surface area contributed by atoms with Gasteiger partial charge in [0.1, 0.15) is 5.75 Å². The first kappa shape index (κ1) is 19.2. The molecule has 0 amide bonds. The van der Waals surface area contributed by atoms with Crippen molar-refractivity contribution in [3.05, 3.63) is 114 Å². The Balaban J connectivity index is 1.91. The topological polar surface area (TPSA) is 63.6 Å². The Kier molecular flexibility index (Phi) is 5.39. The molecule has 4 aromatic rings. The molecule has 1 N–H and O–H groups in total. The van der Waals surface area contributed by atoms with Gasteiger partial charge in [-0.15, -0.1) is 0 Å². The van der Waals surface area contributed by atoms with Crippen LogP contribution in [-0.2, 0) is 0 Å². The standard InChI is InChI=1S/C26H18O4/c27-25(28)23-15-8-7-14-21(23)22-17-9-16-20(18-10-3-1-4-11-18)24(22)30-26(29)19-12-5-2-6-13-19/h1-17H,(H,27,28). The highest BCUT2D eigenvalue weighted by Gasteiger charge is 2.21. The summed E-state index contributed by atoms with van der Waals surface area (Å²) < 4.78 is 5.87. The van der Waals surface area contributed by atoms with E-state index in [0.29, 0.717) is 28.0 Å². The number of ether oxygens (including phenoxy) is 1. The van der Waals surface area contributed by atoms with Gasteiger partial charge in [-0.25, -0.2) is 9.59 Å². The number of rotatable bonds is 5. The summed E-state index contributed by atoms with van der Waals surface area (Å²) in [6.45, 7) is 0. The molecule has 0 aromatic heterocycles. The molecule has 0 saturated carbocycles. The van der Waals surface area contributed by atoms with E-state index in [9.17, 15) is 14.7 Å². The Morgan fingerprint density at radius 2 is 1.17 bits per heavy atom. The Labute approximate surface area is 174 Å². The van der Waals surface area contributed by atoms with Crippen LogP contribution in [0.5, 0.6) is 5.75 Å². The Morgan fingerprint density at radius 1 is 0.600 bits per heavy atom. The highest BCUT2D eigenvalue weighted by molar-refractivity contribution is 6.00. The molecule has 0 bridgehead atoms. The van der Waals surface area contributed by atoms with Gasteiger partial charge in [0.15, 0.2) is 0 Å². The highest BCUT2D eigenvalue weighted by atomic mass is 16.5. The molecule has 0 heterocycles. The fourth-order valence-electron chi connectivity index (χ4n) is 3.33. The minimum atomic E-state index is -1.05. The zero-order valence-electron chi connectivity index (χ0n) is 16.0. The second kappa shape index (κ2) is 8.45. The second-order valence-electron chi connectivity index (χ2n) is 6.65.